The third-order valence-corrected chi connectivity index (χ3v) is 3.11. The van der Waals surface area contributed by atoms with Crippen LogP contribution in [-0.4, -0.2) is 25.2 Å². The number of thiazole rings is 1. The Morgan fingerprint density at radius 3 is 2.76 bits per heavy atom. The van der Waals surface area contributed by atoms with Crippen molar-refractivity contribution in [2.45, 2.75) is 0 Å². The molecule has 1 aromatic carbocycles. The molecule has 0 bridgehead atoms. The smallest absolute Gasteiger partial charge is 0.357 e. The van der Waals surface area contributed by atoms with Gasteiger partial charge in [-0.25, -0.2) is 9.78 Å². The van der Waals surface area contributed by atoms with Crippen LogP contribution in [0.1, 0.15) is 10.5 Å². The van der Waals surface area contributed by atoms with Gasteiger partial charge in [0.15, 0.2) is 5.69 Å². The van der Waals surface area contributed by atoms with Crippen LogP contribution in [-0.2, 0) is 4.74 Å². The van der Waals surface area contributed by atoms with Crippen LogP contribution in [0.25, 0.3) is 10.6 Å². The number of ether oxygens (including phenoxy) is 2. The van der Waals surface area contributed by atoms with E-state index in [1.54, 1.807) is 12.5 Å². The first kappa shape index (κ1) is 11.6. The number of benzene rings is 1. The molecule has 0 atom stereocenters. The SMILES string of the molecule is COC(=O)c1csc(-c2ccccc2OC)n1. The van der Waals surface area contributed by atoms with Crippen molar-refractivity contribution in [1.82, 2.24) is 4.98 Å². The summed E-state index contributed by atoms with van der Waals surface area (Å²) >= 11 is 1.38. The van der Waals surface area contributed by atoms with Crippen molar-refractivity contribution >= 4 is 17.3 Å². The van der Waals surface area contributed by atoms with Gasteiger partial charge in [0.05, 0.1) is 19.8 Å². The van der Waals surface area contributed by atoms with Crippen LogP contribution in [0.5, 0.6) is 5.75 Å². The second-order valence-electron chi connectivity index (χ2n) is 3.23. The highest BCUT2D eigenvalue weighted by atomic mass is 32.1. The Kier molecular flexibility index (Phi) is 3.39. The summed E-state index contributed by atoms with van der Waals surface area (Å²) in [6, 6.07) is 7.54. The van der Waals surface area contributed by atoms with E-state index < -0.39 is 5.97 Å². The topological polar surface area (TPSA) is 48.4 Å². The van der Waals surface area contributed by atoms with Gasteiger partial charge in [-0.05, 0) is 12.1 Å². The zero-order chi connectivity index (χ0) is 12.3. The van der Waals surface area contributed by atoms with Gasteiger partial charge in [0.2, 0.25) is 0 Å². The summed E-state index contributed by atoms with van der Waals surface area (Å²) in [5, 5.41) is 2.41. The van der Waals surface area contributed by atoms with Crippen molar-refractivity contribution in [3.05, 3.63) is 35.3 Å². The fourth-order valence-electron chi connectivity index (χ4n) is 1.42. The quantitative estimate of drug-likeness (QED) is 0.784. The van der Waals surface area contributed by atoms with E-state index in [0.717, 1.165) is 16.3 Å². The summed E-state index contributed by atoms with van der Waals surface area (Å²) < 4.78 is 9.86. The molecule has 5 heteroatoms. The van der Waals surface area contributed by atoms with Crippen LogP contribution in [0, 0.1) is 0 Å². The molecule has 2 rings (SSSR count). The number of esters is 1. The predicted octanol–water partition coefficient (Wildman–Crippen LogP) is 2.61. The van der Waals surface area contributed by atoms with Gasteiger partial charge in [0.25, 0.3) is 0 Å². The van der Waals surface area contributed by atoms with Gasteiger partial charge >= 0.3 is 5.97 Å². The molecule has 0 amide bonds. The molecule has 4 nitrogen and oxygen atoms in total. The van der Waals surface area contributed by atoms with E-state index >= 15 is 0 Å². The largest absolute Gasteiger partial charge is 0.496 e. The number of carbonyl (C=O) groups excluding carboxylic acids is 1. The average Bonchev–Trinajstić information content (AvgIpc) is 2.87. The van der Waals surface area contributed by atoms with E-state index in [2.05, 4.69) is 9.72 Å². The molecular weight excluding hydrogens is 238 g/mol. The molecule has 1 heterocycles. The van der Waals surface area contributed by atoms with Crippen LogP contribution in [0.4, 0.5) is 0 Å². The number of hydrogen-bond donors (Lipinski definition) is 0. The van der Waals surface area contributed by atoms with Gasteiger partial charge in [0, 0.05) is 5.38 Å². The number of methoxy groups -OCH3 is 2. The van der Waals surface area contributed by atoms with Crippen molar-refractivity contribution in [3.8, 4) is 16.3 Å². The lowest BCUT2D eigenvalue weighted by molar-refractivity contribution is 0.0595. The standard InChI is InChI=1S/C12H11NO3S/c1-15-10-6-4-3-5-8(10)11-13-9(7-17-11)12(14)16-2/h3-7H,1-2H3. The van der Waals surface area contributed by atoms with Gasteiger partial charge in [0.1, 0.15) is 10.8 Å². The number of aromatic nitrogens is 1. The summed E-state index contributed by atoms with van der Waals surface area (Å²) in [5.41, 5.74) is 1.19. The van der Waals surface area contributed by atoms with Crippen LogP contribution in [0.15, 0.2) is 29.6 Å². The van der Waals surface area contributed by atoms with Crippen molar-refractivity contribution in [3.63, 3.8) is 0 Å². The van der Waals surface area contributed by atoms with Crippen LogP contribution < -0.4 is 4.74 Å². The maximum Gasteiger partial charge on any atom is 0.357 e. The Morgan fingerprint density at radius 2 is 2.06 bits per heavy atom. The Morgan fingerprint density at radius 1 is 1.29 bits per heavy atom. The minimum atomic E-state index is -0.428. The highest BCUT2D eigenvalue weighted by molar-refractivity contribution is 7.13. The fraction of sp³-hybridized carbons (Fsp3) is 0.167. The second-order valence-corrected chi connectivity index (χ2v) is 4.09. The zero-order valence-corrected chi connectivity index (χ0v) is 10.3. The van der Waals surface area contributed by atoms with Gasteiger partial charge in [-0.2, -0.15) is 0 Å². The van der Waals surface area contributed by atoms with E-state index in [9.17, 15) is 4.79 Å². The van der Waals surface area contributed by atoms with Gasteiger partial charge < -0.3 is 9.47 Å². The highest BCUT2D eigenvalue weighted by Crippen LogP contribution is 2.31. The first-order chi connectivity index (χ1) is 8.26. The number of nitrogens with zero attached hydrogens (tertiary/aromatic N) is 1. The maximum atomic E-state index is 11.3. The highest BCUT2D eigenvalue weighted by Gasteiger charge is 2.14. The molecule has 17 heavy (non-hydrogen) atoms. The summed E-state index contributed by atoms with van der Waals surface area (Å²) in [7, 11) is 2.94. The molecule has 1 aromatic heterocycles. The molecule has 0 radical (unpaired) electrons. The van der Waals surface area contributed by atoms with Crippen LogP contribution >= 0.6 is 11.3 Å². The van der Waals surface area contributed by atoms with E-state index in [0.29, 0.717) is 5.69 Å². The molecular formula is C12H11NO3S. The first-order valence-corrected chi connectivity index (χ1v) is 5.81. The van der Waals surface area contributed by atoms with Crippen molar-refractivity contribution in [1.29, 1.82) is 0 Å². The van der Waals surface area contributed by atoms with Crippen molar-refractivity contribution < 1.29 is 14.3 Å². The van der Waals surface area contributed by atoms with Crippen LogP contribution in [0.3, 0.4) is 0 Å². The maximum absolute atomic E-state index is 11.3. The normalized spacial score (nSPS) is 10.0. The summed E-state index contributed by atoms with van der Waals surface area (Å²) in [5.74, 6) is 0.306. The molecule has 0 unspecified atom stereocenters. The monoisotopic (exact) mass is 249 g/mol. The third-order valence-electron chi connectivity index (χ3n) is 2.24. The number of para-hydroxylation sites is 1. The number of hydrogen-bond acceptors (Lipinski definition) is 5. The lowest BCUT2D eigenvalue weighted by atomic mass is 10.2. The van der Waals surface area contributed by atoms with E-state index in [1.807, 2.05) is 24.3 Å². The molecule has 0 saturated heterocycles. The van der Waals surface area contributed by atoms with E-state index in [-0.39, 0.29) is 0 Å². The first-order valence-electron chi connectivity index (χ1n) is 4.93. The zero-order valence-electron chi connectivity index (χ0n) is 9.47. The molecule has 88 valence electrons. The molecule has 0 fully saturated rings. The van der Waals surface area contributed by atoms with E-state index in [4.69, 9.17) is 4.74 Å². The Hall–Kier alpha value is -1.88. The Balaban J connectivity index is 2.40. The summed E-state index contributed by atoms with van der Waals surface area (Å²) in [4.78, 5) is 15.5. The average molecular weight is 249 g/mol. The van der Waals surface area contributed by atoms with Crippen LogP contribution in [0.2, 0.25) is 0 Å². The van der Waals surface area contributed by atoms with Gasteiger partial charge in [-0.1, -0.05) is 12.1 Å². The lowest BCUT2D eigenvalue weighted by Crippen LogP contribution is -2.01. The summed E-state index contributed by atoms with van der Waals surface area (Å²) in [6.07, 6.45) is 0. The third kappa shape index (κ3) is 2.29. The Bertz CT molecular complexity index is 536. The van der Waals surface area contributed by atoms with Gasteiger partial charge in [-0.3, -0.25) is 0 Å². The number of carbonyl (C=O) groups is 1. The van der Waals surface area contributed by atoms with Gasteiger partial charge in [-0.15, -0.1) is 11.3 Å². The minimum absolute atomic E-state index is 0.318. The van der Waals surface area contributed by atoms with Crippen molar-refractivity contribution in [2.75, 3.05) is 14.2 Å². The molecule has 0 aliphatic heterocycles. The molecule has 0 aliphatic carbocycles. The predicted molar refractivity (Wildman–Crippen MR) is 65.4 cm³/mol. The molecule has 2 aromatic rings. The number of rotatable bonds is 3. The molecule has 0 N–H and O–H groups in total. The van der Waals surface area contributed by atoms with Crippen molar-refractivity contribution in [2.24, 2.45) is 0 Å². The second kappa shape index (κ2) is 4.97. The van der Waals surface area contributed by atoms with E-state index in [1.165, 1.54) is 18.4 Å². The summed E-state index contributed by atoms with van der Waals surface area (Å²) in [6.45, 7) is 0. The molecule has 0 spiro atoms. The Labute approximate surface area is 103 Å². The fourth-order valence-corrected chi connectivity index (χ4v) is 2.24. The minimum Gasteiger partial charge on any atom is -0.496 e. The lowest BCUT2D eigenvalue weighted by Gasteiger charge is -2.04. The molecule has 0 aliphatic rings. The molecule has 0 saturated carbocycles.